The summed E-state index contributed by atoms with van der Waals surface area (Å²) in [6.45, 7) is 4.41. The second-order valence-corrected chi connectivity index (χ2v) is 8.30. The summed E-state index contributed by atoms with van der Waals surface area (Å²) >= 11 is 1.53. The molecule has 0 bridgehead atoms. The maximum absolute atomic E-state index is 12.5. The van der Waals surface area contributed by atoms with Gasteiger partial charge >= 0.3 is 0 Å². The van der Waals surface area contributed by atoms with E-state index < -0.39 is 6.10 Å². The number of hydrogen-bond acceptors (Lipinski definition) is 6. The number of nitriles is 1. The third-order valence-electron chi connectivity index (χ3n) is 4.95. The third kappa shape index (κ3) is 4.85. The lowest BCUT2D eigenvalue weighted by molar-refractivity contribution is -0.122. The van der Waals surface area contributed by atoms with Gasteiger partial charge in [0.1, 0.15) is 5.75 Å². The molecule has 6 nitrogen and oxygen atoms in total. The number of thiazole rings is 1. The molecule has 1 aliphatic rings. The average molecular weight is 419 g/mol. The molecular formula is C23H22N4O2S. The highest BCUT2D eigenvalue weighted by Crippen LogP contribution is 2.29. The largest absolute Gasteiger partial charge is 0.481 e. The zero-order valence-corrected chi connectivity index (χ0v) is 17.5. The molecule has 4 rings (SSSR count). The molecule has 0 spiro atoms. The molecule has 2 aromatic carbocycles. The number of carbonyl (C=O) groups is 1. The zero-order valence-electron chi connectivity index (χ0n) is 16.7. The summed E-state index contributed by atoms with van der Waals surface area (Å²) in [7, 11) is 0. The second kappa shape index (κ2) is 9.08. The van der Waals surface area contributed by atoms with Crippen molar-refractivity contribution in [1.82, 2.24) is 9.88 Å². The van der Waals surface area contributed by atoms with E-state index >= 15 is 0 Å². The summed E-state index contributed by atoms with van der Waals surface area (Å²) in [5, 5.41) is 12.4. The van der Waals surface area contributed by atoms with Crippen LogP contribution in [0.25, 0.3) is 0 Å². The molecule has 152 valence electrons. The van der Waals surface area contributed by atoms with Gasteiger partial charge < -0.3 is 4.74 Å². The van der Waals surface area contributed by atoms with Gasteiger partial charge in [-0.05, 0) is 36.8 Å². The normalized spacial score (nSPS) is 14.4. The van der Waals surface area contributed by atoms with Crippen LogP contribution in [0.4, 0.5) is 5.13 Å². The molecule has 1 aliphatic heterocycles. The number of hydrogen-bond donors (Lipinski definition) is 1. The van der Waals surface area contributed by atoms with Crippen molar-refractivity contribution in [2.75, 3.05) is 11.9 Å². The van der Waals surface area contributed by atoms with E-state index in [0.29, 0.717) is 16.4 Å². The molecule has 0 saturated carbocycles. The van der Waals surface area contributed by atoms with E-state index in [1.165, 1.54) is 21.8 Å². The van der Waals surface area contributed by atoms with E-state index in [9.17, 15) is 4.79 Å². The van der Waals surface area contributed by atoms with E-state index in [-0.39, 0.29) is 5.91 Å². The molecule has 1 amide bonds. The SMILES string of the molecule is CC(Oc1ccc(C#N)cc1)C(=O)Nc1nc2c(s1)CN(Cc1ccccc1)CC2. The number of rotatable bonds is 6. The van der Waals surface area contributed by atoms with Gasteiger partial charge in [0.05, 0.1) is 17.3 Å². The van der Waals surface area contributed by atoms with Crippen molar-refractivity contribution in [2.45, 2.75) is 32.5 Å². The van der Waals surface area contributed by atoms with Crippen LogP contribution >= 0.6 is 11.3 Å². The van der Waals surface area contributed by atoms with Crippen LogP contribution in [0.15, 0.2) is 54.6 Å². The monoisotopic (exact) mass is 418 g/mol. The van der Waals surface area contributed by atoms with Crippen LogP contribution in [-0.4, -0.2) is 28.4 Å². The number of ether oxygens (including phenoxy) is 1. The number of nitrogens with one attached hydrogen (secondary N) is 1. The van der Waals surface area contributed by atoms with Crippen LogP contribution in [0.1, 0.15) is 28.6 Å². The van der Waals surface area contributed by atoms with E-state index in [0.717, 1.165) is 31.7 Å². The zero-order chi connectivity index (χ0) is 20.9. The summed E-state index contributed by atoms with van der Waals surface area (Å²) in [6, 6.07) is 19.2. The number of nitrogens with zero attached hydrogens (tertiary/aromatic N) is 3. The molecule has 0 radical (unpaired) electrons. The minimum Gasteiger partial charge on any atom is -0.481 e. The highest BCUT2D eigenvalue weighted by Gasteiger charge is 2.23. The first-order valence-corrected chi connectivity index (χ1v) is 10.6. The Hall–Kier alpha value is -3.21. The van der Waals surface area contributed by atoms with Crippen molar-refractivity contribution in [2.24, 2.45) is 0 Å². The number of fused-ring (bicyclic) bond motifs is 1. The lowest BCUT2D eigenvalue weighted by Crippen LogP contribution is -2.30. The van der Waals surface area contributed by atoms with Crippen LogP contribution in [0.5, 0.6) is 5.75 Å². The summed E-state index contributed by atoms with van der Waals surface area (Å²) in [5.74, 6) is 0.304. The Morgan fingerprint density at radius 2 is 2.03 bits per heavy atom. The number of aromatic nitrogens is 1. The van der Waals surface area contributed by atoms with Crippen molar-refractivity contribution in [3.63, 3.8) is 0 Å². The molecule has 1 aromatic heterocycles. The fourth-order valence-electron chi connectivity index (χ4n) is 3.35. The molecule has 1 N–H and O–H groups in total. The van der Waals surface area contributed by atoms with Gasteiger partial charge in [-0.1, -0.05) is 30.3 Å². The van der Waals surface area contributed by atoms with E-state index in [4.69, 9.17) is 10.00 Å². The Morgan fingerprint density at radius 1 is 1.27 bits per heavy atom. The molecule has 0 saturated heterocycles. The van der Waals surface area contributed by atoms with Crippen LogP contribution in [-0.2, 0) is 24.3 Å². The van der Waals surface area contributed by atoms with Gasteiger partial charge in [-0.25, -0.2) is 4.98 Å². The first kappa shape index (κ1) is 20.1. The molecule has 1 unspecified atom stereocenters. The average Bonchev–Trinajstić information content (AvgIpc) is 3.16. The van der Waals surface area contributed by atoms with Crippen LogP contribution in [0, 0.1) is 11.3 Å². The minimum absolute atomic E-state index is 0.244. The number of carbonyl (C=O) groups excluding carboxylic acids is 1. The standard InChI is InChI=1S/C23H22N4O2S/c1-16(29-19-9-7-17(13-24)8-10-19)22(28)26-23-25-20-11-12-27(15-21(20)30-23)14-18-5-3-2-4-6-18/h2-10,16H,11-12,14-15H2,1H3,(H,25,26,28). The van der Waals surface area contributed by atoms with Crippen molar-refractivity contribution < 1.29 is 9.53 Å². The quantitative estimate of drug-likeness (QED) is 0.655. The molecule has 30 heavy (non-hydrogen) atoms. The van der Waals surface area contributed by atoms with Gasteiger partial charge in [0, 0.05) is 30.9 Å². The predicted molar refractivity (Wildman–Crippen MR) is 116 cm³/mol. The van der Waals surface area contributed by atoms with Gasteiger partial charge in [0.25, 0.3) is 5.91 Å². The van der Waals surface area contributed by atoms with Crippen LogP contribution in [0.3, 0.4) is 0 Å². The predicted octanol–water partition coefficient (Wildman–Crippen LogP) is 3.98. The highest BCUT2D eigenvalue weighted by molar-refractivity contribution is 7.15. The van der Waals surface area contributed by atoms with Gasteiger partial charge in [-0.2, -0.15) is 5.26 Å². The van der Waals surface area contributed by atoms with Crippen LogP contribution < -0.4 is 10.1 Å². The van der Waals surface area contributed by atoms with E-state index in [1.54, 1.807) is 31.2 Å². The first-order chi connectivity index (χ1) is 14.6. The first-order valence-electron chi connectivity index (χ1n) is 9.83. The maximum Gasteiger partial charge on any atom is 0.266 e. The second-order valence-electron chi connectivity index (χ2n) is 7.22. The maximum atomic E-state index is 12.5. The van der Waals surface area contributed by atoms with Gasteiger partial charge in [0.15, 0.2) is 11.2 Å². The van der Waals surface area contributed by atoms with Crippen molar-refractivity contribution >= 4 is 22.4 Å². The Bertz CT molecular complexity index is 1060. The smallest absolute Gasteiger partial charge is 0.266 e. The minimum atomic E-state index is -0.673. The van der Waals surface area contributed by atoms with Crippen molar-refractivity contribution in [3.05, 3.63) is 76.3 Å². The van der Waals surface area contributed by atoms with Gasteiger partial charge in [0.2, 0.25) is 0 Å². The van der Waals surface area contributed by atoms with Crippen molar-refractivity contribution in [1.29, 1.82) is 5.26 Å². The topological polar surface area (TPSA) is 78.2 Å². The summed E-state index contributed by atoms with van der Waals surface area (Å²) < 4.78 is 5.68. The Balaban J connectivity index is 1.34. The van der Waals surface area contributed by atoms with E-state index in [2.05, 4.69) is 45.5 Å². The van der Waals surface area contributed by atoms with Crippen molar-refractivity contribution in [3.8, 4) is 11.8 Å². The van der Waals surface area contributed by atoms with Crippen LogP contribution in [0.2, 0.25) is 0 Å². The van der Waals surface area contributed by atoms with Gasteiger partial charge in [-0.15, -0.1) is 11.3 Å². The molecule has 2 heterocycles. The lowest BCUT2D eigenvalue weighted by atomic mass is 10.1. The Labute approximate surface area is 179 Å². The molecule has 0 aliphatic carbocycles. The summed E-state index contributed by atoms with van der Waals surface area (Å²) in [6.07, 6.45) is 0.208. The van der Waals surface area contributed by atoms with Gasteiger partial charge in [-0.3, -0.25) is 15.0 Å². The highest BCUT2D eigenvalue weighted by atomic mass is 32.1. The summed E-state index contributed by atoms with van der Waals surface area (Å²) in [4.78, 5) is 20.7. The van der Waals surface area contributed by atoms with E-state index in [1.807, 2.05) is 6.07 Å². The molecule has 3 aromatic rings. The molecule has 1 atom stereocenters. The Kier molecular flexibility index (Phi) is 6.07. The fraction of sp³-hybridized carbons (Fsp3) is 0.261. The third-order valence-corrected chi connectivity index (χ3v) is 5.95. The molecular weight excluding hydrogens is 396 g/mol. The number of anilines is 1. The molecule has 0 fully saturated rings. The lowest BCUT2D eigenvalue weighted by Gasteiger charge is -2.25. The molecule has 7 heteroatoms. The summed E-state index contributed by atoms with van der Waals surface area (Å²) in [5.41, 5.74) is 2.92. The Morgan fingerprint density at radius 3 is 2.77 bits per heavy atom. The fourth-order valence-corrected chi connectivity index (χ4v) is 4.40. The number of amides is 1. The number of benzene rings is 2.